The lowest BCUT2D eigenvalue weighted by Crippen LogP contribution is -2.09. The maximum atomic E-state index is 11.2. The smallest absolute Gasteiger partial charge is 0.253 e. The summed E-state index contributed by atoms with van der Waals surface area (Å²) in [7, 11) is 0. The van der Waals surface area contributed by atoms with E-state index in [4.69, 9.17) is 22.6 Å². The molecule has 0 fully saturated rings. The Hall–Kier alpha value is -1.97. The van der Waals surface area contributed by atoms with Gasteiger partial charge in [-0.2, -0.15) is 5.26 Å². The highest BCUT2D eigenvalue weighted by molar-refractivity contribution is 7.99. The zero-order valence-electron chi connectivity index (χ0n) is 8.98. The highest BCUT2D eigenvalue weighted by Gasteiger charge is 2.07. The number of halogens is 1. The Labute approximate surface area is 112 Å². The van der Waals surface area contributed by atoms with Gasteiger partial charge < -0.3 is 10.7 Å². The first-order valence-corrected chi connectivity index (χ1v) is 6.02. The Bertz CT molecular complexity index is 692. The van der Waals surface area contributed by atoms with Crippen LogP contribution in [0.15, 0.2) is 39.1 Å². The molecule has 0 aliphatic rings. The number of nitrogens with zero attached hydrogens (tertiary/aromatic N) is 2. The minimum absolute atomic E-state index is 0.133. The number of anilines is 1. The Morgan fingerprint density at radius 3 is 2.89 bits per heavy atom. The predicted molar refractivity (Wildman–Crippen MR) is 69.6 cm³/mol. The zero-order chi connectivity index (χ0) is 13.1. The molecular weight excluding hydrogens is 272 g/mol. The van der Waals surface area contributed by atoms with Gasteiger partial charge in [-0.15, -0.1) is 0 Å². The molecule has 3 N–H and O–H groups in total. The molecule has 5 nitrogen and oxygen atoms in total. The van der Waals surface area contributed by atoms with Crippen molar-refractivity contribution in [3.05, 3.63) is 45.2 Å². The Morgan fingerprint density at radius 1 is 1.44 bits per heavy atom. The van der Waals surface area contributed by atoms with Crippen LogP contribution in [-0.2, 0) is 0 Å². The van der Waals surface area contributed by atoms with Crippen LogP contribution in [0.25, 0.3) is 0 Å². The van der Waals surface area contributed by atoms with E-state index in [0.717, 1.165) is 11.8 Å². The van der Waals surface area contributed by atoms with Gasteiger partial charge in [-0.3, -0.25) is 4.79 Å². The molecule has 0 bridgehead atoms. The van der Waals surface area contributed by atoms with Crippen LogP contribution in [0.1, 0.15) is 5.56 Å². The summed E-state index contributed by atoms with van der Waals surface area (Å²) in [5.74, 6) is 0.133. The van der Waals surface area contributed by atoms with Crippen LogP contribution in [0, 0.1) is 11.3 Å². The van der Waals surface area contributed by atoms with E-state index in [0.29, 0.717) is 20.6 Å². The number of rotatable bonds is 2. The average molecular weight is 279 g/mol. The maximum absolute atomic E-state index is 11.2. The molecule has 1 aromatic heterocycles. The molecular formula is C11H7ClN4OS. The predicted octanol–water partition coefficient (Wildman–Crippen LogP) is 2.03. The first-order valence-electron chi connectivity index (χ1n) is 4.83. The fraction of sp³-hybridized carbons (Fsp3) is 0. The first kappa shape index (κ1) is 12.5. The number of nitrogens with two attached hydrogens (primary N) is 1. The van der Waals surface area contributed by atoms with Gasteiger partial charge in [0.1, 0.15) is 11.9 Å². The van der Waals surface area contributed by atoms with E-state index < -0.39 is 0 Å². The highest BCUT2D eigenvalue weighted by atomic mass is 35.5. The molecule has 90 valence electrons. The number of benzene rings is 1. The van der Waals surface area contributed by atoms with Crippen molar-refractivity contribution < 1.29 is 0 Å². The van der Waals surface area contributed by atoms with Crippen LogP contribution >= 0.6 is 23.4 Å². The second-order valence-corrected chi connectivity index (χ2v) is 4.80. The van der Waals surface area contributed by atoms with Crippen molar-refractivity contribution in [3.63, 3.8) is 0 Å². The van der Waals surface area contributed by atoms with Crippen molar-refractivity contribution in [2.45, 2.75) is 10.1 Å². The van der Waals surface area contributed by atoms with Crippen LogP contribution in [-0.4, -0.2) is 9.97 Å². The van der Waals surface area contributed by atoms with E-state index in [1.165, 1.54) is 6.07 Å². The molecule has 0 aliphatic heterocycles. The number of aromatic nitrogens is 2. The van der Waals surface area contributed by atoms with Gasteiger partial charge in [-0.25, -0.2) is 4.98 Å². The summed E-state index contributed by atoms with van der Waals surface area (Å²) >= 11 is 6.94. The number of aromatic amines is 1. The van der Waals surface area contributed by atoms with Gasteiger partial charge in [0.05, 0.1) is 5.56 Å². The monoisotopic (exact) mass is 278 g/mol. The number of nitriles is 1. The molecule has 0 radical (unpaired) electrons. The number of hydrogen-bond acceptors (Lipinski definition) is 5. The normalized spacial score (nSPS) is 10.0. The third-order valence-corrected chi connectivity index (χ3v) is 3.21. The van der Waals surface area contributed by atoms with Crippen molar-refractivity contribution >= 4 is 29.2 Å². The molecule has 0 amide bonds. The van der Waals surface area contributed by atoms with E-state index in [-0.39, 0.29) is 11.4 Å². The van der Waals surface area contributed by atoms with Gasteiger partial charge in [0.25, 0.3) is 5.56 Å². The molecule has 0 saturated carbocycles. The zero-order valence-corrected chi connectivity index (χ0v) is 10.5. The molecule has 0 aliphatic carbocycles. The van der Waals surface area contributed by atoms with Crippen molar-refractivity contribution in [1.82, 2.24) is 9.97 Å². The van der Waals surface area contributed by atoms with E-state index in [9.17, 15) is 4.79 Å². The topological polar surface area (TPSA) is 95.6 Å². The lowest BCUT2D eigenvalue weighted by molar-refractivity contribution is 0.945. The van der Waals surface area contributed by atoms with E-state index in [2.05, 4.69) is 9.97 Å². The molecule has 0 unspecified atom stereocenters. The van der Waals surface area contributed by atoms with Crippen LogP contribution < -0.4 is 11.3 Å². The van der Waals surface area contributed by atoms with Crippen LogP contribution in [0.2, 0.25) is 5.02 Å². The molecule has 0 spiro atoms. The number of hydrogen-bond donors (Lipinski definition) is 2. The van der Waals surface area contributed by atoms with Gasteiger partial charge in [0.15, 0.2) is 5.16 Å². The molecule has 1 heterocycles. The van der Waals surface area contributed by atoms with Crippen molar-refractivity contribution in [1.29, 1.82) is 5.26 Å². The maximum Gasteiger partial charge on any atom is 0.253 e. The van der Waals surface area contributed by atoms with Gasteiger partial charge in [0.2, 0.25) is 0 Å². The lowest BCUT2D eigenvalue weighted by atomic mass is 10.2. The quantitative estimate of drug-likeness (QED) is 0.820. The SMILES string of the molecule is N#Cc1cc(Cl)ccc1Sc1nc(N)cc(=O)[nH]1. The third-order valence-electron chi connectivity index (χ3n) is 2.01. The summed E-state index contributed by atoms with van der Waals surface area (Å²) in [4.78, 5) is 18.4. The second-order valence-electron chi connectivity index (χ2n) is 3.33. The van der Waals surface area contributed by atoms with Gasteiger partial charge in [0, 0.05) is 16.0 Å². The van der Waals surface area contributed by atoms with E-state index >= 15 is 0 Å². The summed E-state index contributed by atoms with van der Waals surface area (Å²) in [5.41, 5.74) is 5.56. The highest BCUT2D eigenvalue weighted by Crippen LogP contribution is 2.29. The van der Waals surface area contributed by atoms with Crippen molar-refractivity contribution in [3.8, 4) is 6.07 Å². The van der Waals surface area contributed by atoms with Crippen molar-refractivity contribution in [2.75, 3.05) is 5.73 Å². The number of H-pyrrole nitrogens is 1. The lowest BCUT2D eigenvalue weighted by Gasteiger charge is -2.03. The van der Waals surface area contributed by atoms with Gasteiger partial charge in [-0.1, -0.05) is 23.4 Å². The summed E-state index contributed by atoms with van der Waals surface area (Å²) in [6.07, 6.45) is 0. The molecule has 2 rings (SSSR count). The average Bonchev–Trinajstić information content (AvgIpc) is 2.30. The largest absolute Gasteiger partial charge is 0.383 e. The summed E-state index contributed by atoms with van der Waals surface area (Å²) < 4.78 is 0. The second kappa shape index (κ2) is 5.12. The standard InChI is InChI=1S/C11H7ClN4OS/c12-7-1-2-8(6(3-7)5-13)18-11-15-9(14)4-10(17)16-11/h1-4H,(H3,14,15,16,17). The molecule has 0 saturated heterocycles. The van der Waals surface area contributed by atoms with Crippen LogP contribution in [0.4, 0.5) is 5.82 Å². The fourth-order valence-electron chi connectivity index (χ4n) is 1.28. The van der Waals surface area contributed by atoms with Gasteiger partial charge >= 0.3 is 0 Å². The molecule has 0 atom stereocenters. The minimum Gasteiger partial charge on any atom is -0.383 e. The molecule has 2 aromatic rings. The Balaban J connectivity index is 2.40. The third kappa shape index (κ3) is 2.83. The fourth-order valence-corrected chi connectivity index (χ4v) is 2.32. The molecule has 1 aromatic carbocycles. The number of nitrogen functional groups attached to an aromatic ring is 1. The first-order chi connectivity index (χ1) is 8.58. The summed E-state index contributed by atoms with van der Waals surface area (Å²) in [5, 5.41) is 9.80. The molecule has 18 heavy (non-hydrogen) atoms. The minimum atomic E-state index is -0.336. The summed E-state index contributed by atoms with van der Waals surface area (Å²) in [6, 6.07) is 8.12. The van der Waals surface area contributed by atoms with E-state index in [1.54, 1.807) is 18.2 Å². The van der Waals surface area contributed by atoms with Gasteiger partial charge in [-0.05, 0) is 18.2 Å². The van der Waals surface area contributed by atoms with E-state index in [1.807, 2.05) is 6.07 Å². The van der Waals surface area contributed by atoms with Crippen LogP contribution in [0.5, 0.6) is 0 Å². The van der Waals surface area contributed by atoms with Crippen molar-refractivity contribution in [2.24, 2.45) is 0 Å². The summed E-state index contributed by atoms with van der Waals surface area (Å²) in [6.45, 7) is 0. The molecule has 7 heteroatoms. The Kier molecular flexibility index (Phi) is 3.55. The Morgan fingerprint density at radius 2 is 2.22 bits per heavy atom. The number of nitrogens with one attached hydrogen (secondary N) is 1. The van der Waals surface area contributed by atoms with Crippen LogP contribution in [0.3, 0.4) is 0 Å².